The van der Waals surface area contributed by atoms with Crippen molar-refractivity contribution < 1.29 is 19.1 Å². The maximum atomic E-state index is 13.1. The summed E-state index contributed by atoms with van der Waals surface area (Å²) in [5.74, 6) is -1.31. The lowest BCUT2D eigenvalue weighted by molar-refractivity contribution is -0.122. The van der Waals surface area contributed by atoms with Crippen LogP contribution in [0.2, 0.25) is 0 Å². The van der Waals surface area contributed by atoms with E-state index in [1.807, 2.05) is 43.3 Å². The summed E-state index contributed by atoms with van der Waals surface area (Å²) >= 11 is 0. The highest BCUT2D eigenvalue weighted by Gasteiger charge is 2.37. The van der Waals surface area contributed by atoms with Crippen LogP contribution in [0.5, 0.6) is 0 Å². The number of hydrogen-bond donors (Lipinski definition) is 1. The van der Waals surface area contributed by atoms with E-state index in [0.717, 1.165) is 29.2 Å². The number of morpholine rings is 1. The van der Waals surface area contributed by atoms with Crippen molar-refractivity contribution in [1.29, 1.82) is 0 Å². The predicted octanol–water partition coefficient (Wildman–Crippen LogP) is 2.75. The summed E-state index contributed by atoms with van der Waals surface area (Å²) < 4.78 is 5.38. The summed E-state index contributed by atoms with van der Waals surface area (Å²) in [5.41, 5.74) is 3.05. The smallest absolute Gasteiger partial charge is 0.335 e. The number of barbiturate groups is 1. The lowest BCUT2D eigenvalue weighted by Crippen LogP contribution is -2.54. The van der Waals surface area contributed by atoms with Crippen LogP contribution in [0.15, 0.2) is 54.1 Å². The Morgan fingerprint density at radius 2 is 1.70 bits per heavy atom. The molecule has 0 bridgehead atoms. The molecule has 0 saturated carbocycles. The summed E-state index contributed by atoms with van der Waals surface area (Å²) in [7, 11) is 0. The number of ether oxygens (including phenoxy) is 1. The van der Waals surface area contributed by atoms with Crippen LogP contribution in [0, 0.1) is 0 Å². The third-order valence-electron chi connectivity index (χ3n) is 5.30. The fourth-order valence-electron chi connectivity index (χ4n) is 3.67. The van der Waals surface area contributed by atoms with Crippen LogP contribution < -0.4 is 15.1 Å². The Kier molecular flexibility index (Phi) is 5.63. The summed E-state index contributed by atoms with van der Waals surface area (Å²) in [5, 5.41) is 2.28. The highest BCUT2D eigenvalue weighted by atomic mass is 16.5. The average molecular weight is 405 g/mol. The maximum absolute atomic E-state index is 13.1. The molecule has 4 rings (SSSR count). The van der Waals surface area contributed by atoms with Crippen LogP contribution in [-0.2, 0) is 20.7 Å². The number of hydrogen-bond acceptors (Lipinski definition) is 5. The number of nitrogens with zero attached hydrogens (tertiary/aromatic N) is 2. The number of urea groups is 1. The van der Waals surface area contributed by atoms with E-state index in [1.165, 1.54) is 6.08 Å². The van der Waals surface area contributed by atoms with Gasteiger partial charge in [-0.25, -0.2) is 9.69 Å². The Hall–Kier alpha value is -3.45. The van der Waals surface area contributed by atoms with E-state index in [4.69, 9.17) is 4.74 Å². The number of amides is 4. The second kappa shape index (κ2) is 8.51. The van der Waals surface area contributed by atoms with E-state index >= 15 is 0 Å². The zero-order valence-electron chi connectivity index (χ0n) is 16.8. The van der Waals surface area contributed by atoms with Crippen LogP contribution >= 0.6 is 0 Å². The molecule has 0 atom stereocenters. The second-order valence-electron chi connectivity index (χ2n) is 7.13. The first-order valence-electron chi connectivity index (χ1n) is 10.0. The van der Waals surface area contributed by atoms with E-state index in [-0.39, 0.29) is 5.57 Å². The zero-order valence-corrected chi connectivity index (χ0v) is 16.8. The average Bonchev–Trinajstić information content (AvgIpc) is 2.78. The number of imide groups is 2. The van der Waals surface area contributed by atoms with Gasteiger partial charge in [0.25, 0.3) is 11.8 Å². The van der Waals surface area contributed by atoms with Gasteiger partial charge < -0.3 is 9.64 Å². The van der Waals surface area contributed by atoms with Crippen molar-refractivity contribution in [3.63, 3.8) is 0 Å². The van der Waals surface area contributed by atoms with Gasteiger partial charge in [0.2, 0.25) is 0 Å². The molecule has 0 spiro atoms. The molecule has 2 aliphatic rings. The van der Waals surface area contributed by atoms with Crippen molar-refractivity contribution in [2.24, 2.45) is 0 Å². The highest BCUT2D eigenvalue weighted by Crippen LogP contribution is 2.26. The fraction of sp³-hybridized carbons (Fsp3) is 0.261. The van der Waals surface area contributed by atoms with E-state index in [2.05, 4.69) is 10.2 Å². The molecule has 30 heavy (non-hydrogen) atoms. The van der Waals surface area contributed by atoms with Gasteiger partial charge >= 0.3 is 6.03 Å². The monoisotopic (exact) mass is 405 g/mol. The van der Waals surface area contributed by atoms with Crippen LogP contribution in [0.3, 0.4) is 0 Å². The minimum Gasteiger partial charge on any atom is -0.378 e. The summed E-state index contributed by atoms with van der Waals surface area (Å²) in [6.45, 7) is 5.00. The lowest BCUT2D eigenvalue weighted by Gasteiger charge is -2.29. The second-order valence-corrected chi connectivity index (χ2v) is 7.13. The number of benzene rings is 2. The fourth-order valence-corrected chi connectivity index (χ4v) is 3.67. The van der Waals surface area contributed by atoms with Gasteiger partial charge in [-0.15, -0.1) is 0 Å². The number of anilines is 2. The molecule has 2 heterocycles. The van der Waals surface area contributed by atoms with Gasteiger partial charge in [-0.3, -0.25) is 14.9 Å². The van der Waals surface area contributed by atoms with Crippen molar-refractivity contribution in [2.45, 2.75) is 13.3 Å². The van der Waals surface area contributed by atoms with Crippen molar-refractivity contribution in [3.8, 4) is 0 Å². The molecule has 2 aliphatic heterocycles. The van der Waals surface area contributed by atoms with Gasteiger partial charge in [-0.05, 0) is 41.8 Å². The molecule has 154 valence electrons. The molecule has 2 saturated heterocycles. The largest absolute Gasteiger partial charge is 0.378 e. The van der Waals surface area contributed by atoms with Gasteiger partial charge in [0.1, 0.15) is 5.57 Å². The molecule has 0 unspecified atom stereocenters. The Balaban J connectivity index is 1.62. The molecule has 2 aromatic carbocycles. The summed E-state index contributed by atoms with van der Waals surface area (Å²) in [6.07, 6.45) is 2.18. The van der Waals surface area contributed by atoms with E-state index in [1.54, 1.807) is 12.1 Å². The number of carbonyl (C=O) groups excluding carboxylic acids is 3. The number of para-hydroxylation sites is 1. The Bertz CT molecular complexity index is 1010. The van der Waals surface area contributed by atoms with Crippen molar-refractivity contribution in [1.82, 2.24) is 5.32 Å². The van der Waals surface area contributed by atoms with Crippen LogP contribution in [0.25, 0.3) is 6.08 Å². The van der Waals surface area contributed by atoms with Gasteiger partial charge in [-0.2, -0.15) is 0 Å². The molecule has 0 radical (unpaired) electrons. The SMILES string of the molecule is CCc1ccccc1N1C(=O)NC(=O)/C(=C\c2ccc(N3CCOCC3)cc2)C1=O. The van der Waals surface area contributed by atoms with Crippen LogP contribution in [0.4, 0.5) is 16.2 Å². The molecule has 0 aromatic heterocycles. The quantitative estimate of drug-likeness (QED) is 0.625. The summed E-state index contributed by atoms with van der Waals surface area (Å²) in [4.78, 5) is 41.2. The topological polar surface area (TPSA) is 79.0 Å². The standard InChI is InChI=1S/C23H23N3O4/c1-2-17-5-3-4-6-20(17)26-22(28)19(21(27)24-23(26)29)15-16-7-9-18(10-8-16)25-11-13-30-14-12-25/h3-10,15H,2,11-14H2,1H3,(H,24,27,29)/b19-15+. The third-order valence-corrected chi connectivity index (χ3v) is 5.30. The Morgan fingerprint density at radius 3 is 2.40 bits per heavy atom. The highest BCUT2D eigenvalue weighted by molar-refractivity contribution is 6.39. The lowest BCUT2D eigenvalue weighted by atomic mass is 10.0. The van der Waals surface area contributed by atoms with Crippen molar-refractivity contribution in [2.75, 3.05) is 36.1 Å². The van der Waals surface area contributed by atoms with Gasteiger partial charge in [0, 0.05) is 18.8 Å². The van der Waals surface area contributed by atoms with Gasteiger partial charge in [0.05, 0.1) is 18.9 Å². The first-order chi connectivity index (χ1) is 14.6. The zero-order chi connectivity index (χ0) is 21.1. The van der Waals surface area contributed by atoms with Crippen molar-refractivity contribution in [3.05, 3.63) is 65.2 Å². The molecule has 2 fully saturated rings. The predicted molar refractivity (Wildman–Crippen MR) is 114 cm³/mol. The molecule has 4 amide bonds. The third kappa shape index (κ3) is 3.84. The van der Waals surface area contributed by atoms with Crippen LogP contribution in [-0.4, -0.2) is 44.1 Å². The van der Waals surface area contributed by atoms with Crippen LogP contribution in [0.1, 0.15) is 18.1 Å². The Morgan fingerprint density at radius 1 is 1.00 bits per heavy atom. The van der Waals surface area contributed by atoms with E-state index < -0.39 is 17.8 Å². The van der Waals surface area contributed by atoms with Gasteiger partial charge in [-0.1, -0.05) is 37.3 Å². The number of nitrogens with one attached hydrogen (secondary N) is 1. The molecule has 2 aromatic rings. The molecular formula is C23H23N3O4. The molecular weight excluding hydrogens is 382 g/mol. The first-order valence-corrected chi connectivity index (χ1v) is 10.0. The number of rotatable bonds is 4. The minimum absolute atomic E-state index is 0.0698. The van der Waals surface area contributed by atoms with Crippen molar-refractivity contribution >= 4 is 35.3 Å². The number of carbonyl (C=O) groups is 3. The maximum Gasteiger partial charge on any atom is 0.335 e. The molecule has 7 nitrogen and oxygen atoms in total. The number of aryl methyl sites for hydroxylation is 1. The van der Waals surface area contributed by atoms with E-state index in [9.17, 15) is 14.4 Å². The minimum atomic E-state index is -0.731. The normalized spacial score (nSPS) is 18.7. The van der Waals surface area contributed by atoms with E-state index in [0.29, 0.717) is 30.9 Å². The molecule has 0 aliphatic carbocycles. The molecule has 7 heteroatoms. The molecule has 1 N–H and O–H groups in total. The van der Waals surface area contributed by atoms with Gasteiger partial charge in [0.15, 0.2) is 0 Å². The first kappa shape index (κ1) is 19.8. The summed E-state index contributed by atoms with van der Waals surface area (Å²) in [6, 6.07) is 14.1. The Labute approximate surface area is 174 Å².